The second kappa shape index (κ2) is 4.52. The Morgan fingerprint density at radius 1 is 1.20 bits per heavy atom. The van der Waals surface area contributed by atoms with Gasteiger partial charge >= 0.3 is 0 Å². The van der Waals surface area contributed by atoms with Gasteiger partial charge in [0.25, 0.3) is 5.92 Å². The molecule has 0 radical (unpaired) electrons. The summed E-state index contributed by atoms with van der Waals surface area (Å²) in [5, 5.41) is 2.88. The van der Waals surface area contributed by atoms with Crippen LogP contribution in [0.25, 0.3) is 11.0 Å². The Morgan fingerprint density at radius 2 is 1.95 bits per heavy atom. The number of aromatic nitrogens is 4. The zero-order valence-corrected chi connectivity index (χ0v) is 10.6. The van der Waals surface area contributed by atoms with Crippen LogP contribution in [0.15, 0.2) is 36.7 Å². The van der Waals surface area contributed by atoms with Gasteiger partial charge in [0, 0.05) is 24.9 Å². The van der Waals surface area contributed by atoms with Gasteiger partial charge in [0.1, 0.15) is 0 Å². The first-order valence-electron chi connectivity index (χ1n) is 5.94. The largest absolute Gasteiger partial charge is 0.324 e. The zero-order chi connectivity index (χ0) is 14.2. The second-order valence-corrected chi connectivity index (χ2v) is 4.40. The lowest BCUT2D eigenvalue weighted by atomic mass is 10.1. The van der Waals surface area contributed by atoms with Crippen LogP contribution >= 0.6 is 0 Å². The van der Waals surface area contributed by atoms with Crippen molar-refractivity contribution in [2.24, 2.45) is 0 Å². The fourth-order valence-corrected chi connectivity index (χ4v) is 1.81. The maximum Gasteiger partial charge on any atom is 0.270 e. The molecule has 2 N–H and O–H groups in total. The Morgan fingerprint density at radius 3 is 2.65 bits per heavy atom. The number of fused-ring (bicyclic) bond motifs is 1. The van der Waals surface area contributed by atoms with E-state index in [1.165, 1.54) is 12.1 Å². The normalized spacial score (nSPS) is 11.8. The van der Waals surface area contributed by atoms with Crippen molar-refractivity contribution in [2.45, 2.75) is 12.8 Å². The minimum atomic E-state index is -2.88. The highest BCUT2D eigenvalue weighted by Gasteiger charge is 2.24. The molecule has 0 amide bonds. The molecule has 20 heavy (non-hydrogen) atoms. The van der Waals surface area contributed by atoms with Crippen LogP contribution in [-0.4, -0.2) is 19.9 Å². The molecule has 5 nitrogen and oxygen atoms in total. The Labute approximate surface area is 113 Å². The van der Waals surface area contributed by atoms with Crippen molar-refractivity contribution in [3.8, 4) is 0 Å². The minimum Gasteiger partial charge on any atom is -0.324 e. The van der Waals surface area contributed by atoms with Gasteiger partial charge in [0.05, 0.1) is 11.0 Å². The fraction of sp³-hybridized carbons (Fsp3) is 0.154. The van der Waals surface area contributed by atoms with E-state index < -0.39 is 5.92 Å². The number of alkyl halides is 2. The molecular formula is C13H11F2N5. The third-order valence-electron chi connectivity index (χ3n) is 2.78. The minimum absolute atomic E-state index is 0.0591. The van der Waals surface area contributed by atoms with Crippen LogP contribution in [0, 0.1) is 0 Å². The van der Waals surface area contributed by atoms with Crippen molar-refractivity contribution in [2.75, 3.05) is 5.32 Å². The quantitative estimate of drug-likeness (QED) is 0.770. The van der Waals surface area contributed by atoms with E-state index in [4.69, 9.17) is 0 Å². The maximum atomic E-state index is 13.3. The molecule has 0 saturated carbocycles. The number of nitrogens with zero attached hydrogens (tertiary/aromatic N) is 3. The van der Waals surface area contributed by atoms with Crippen LogP contribution in [-0.2, 0) is 5.92 Å². The van der Waals surface area contributed by atoms with E-state index in [0.717, 1.165) is 6.92 Å². The van der Waals surface area contributed by atoms with Crippen LogP contribution in [0.2, 0.25) is 0 Å². The molecule has 0 aliphatic carbocycles. The number of H-pyrrole nitrogens is 1. The molecular weight excluding hydrogens is 264 g/mol. The highest BCUT2D eigenvalue weighted by atomic mass is 19.3. The molecule has 0 spiro atoms. The fourth-order valence-electron chi connectivity index (χ4n) is 1.81. The van der Waals surface area contributed by atoms with Crippen molar-refractivity contribution in [3.05, 3.63) is 42.2 Å². The average molecular weight is 275 g/mol. The van der Waals surface area contributed by atoms with Gasteiger partial charge in [-0.25, -0.2) is 23.7 Å². The first-order valence-corrected chi connectivity index (χ1v) is 5.94. The lowest BCUT2D eigenvalue weighted by Gasteiger charge is -2.09. The van der Waals surface area contributed by atoms with E-state index in [1.807, 2.05) is 0 Å². The Bertz CT molecular complexity index is 733. The van der Waals surface area contributed by atoms with Crippen LogP contribution < -0.4 is 5.32 Å². The number of imidazole rings is 1. The average Bonchev–Trinajstić information content (AvgIpc) is 2.80. The number of rotatable bonds is 3. The summed E-state index contributed by atoms with van der Waals surface area (Å²) >= 11 is 0. The number of hydrogen-bond donors (Lipinski definition) is 2. The molecule has 2 aromatic heterocycles. The highest BCUT2D eigenvalue weighted by Crippen LogP contribution is 2.29. The van der Waals surface area contributed by atoms with Gasteiger partial charge in [0.2, 0.25) is 11.9 Å². The molecule has 0 atom stereocenters. The highest BCUT2D eigenvalue weighted by molar-refractivity contribution is 5.79. The van der Waals surface area contributed by atoms with Crippen LogP contribution in [0.3, 0.4) is 0 Å². The van der Waals surface area contributed by atoms with E-state index in [1.54, 1.807) is 24.5 Å². The number of halogens is 2. The predicted molar refractivity (Wildman–Crippen MR) is 71.0 cm³/mol. The smallest absolute Gasteiger partial charge is 0.270 e. The molecule has 0 aliphatic heterocycles. The summed E-state index contributed by atoms with van der Waals surface area (Å²) in [6, 6.07) is 6.00. The van der Waals surface area contributed by atoms with Crippen LogP contribution in [0.4, 0.5) is 20.7 Å². The van der Waals surface area contributed by atoms with Gasteiger partial charge in [0.15, 0.2) is 0 Å². The second-order valence-electron chi connectivity index (χ2n) is 4.40. The van der Waals surface area contributed by atoms with Crippen molar-refractivity contribution in [3.63, 3.8) is 0 Å². The number of benzene rings is 1. The maximum absolute atomic E-state index is 13.3. The summed E-state index contributed by atoms with van der Waals surface area (Å²) in [4.78, 5) is 15.2. The summed E-state index contributed by atoms with van der Waals surface area (Å²) in [7, 11) is 0. The molecule has 0 bridgehead atoms. The molecule has 102 valence electrons. The lowest BCUT2D eigenvalue weighted by Crippen LogP contribution is -2.06. The summed E-state index contributed by atoms with van der Waals surface area (Å²) in [6.07, 6.45) is 3.18. The molecule has 3 rings (SSSR count). The van der Waals surface area contributed by atoms with E-state index in [9.17, 15) is 8.78 Å². The van der Waals surface area contributed by atoms with Gasteiger partial charge in [-0.05, 0) is 18.2 Å². The molecule has 1 aromatic carbocycles. The van der Waals surface area contributed by atoms with Gasteiger partial charge in [-0.1, -0.05) is 6.07 Å². The predicted octanol–water partition coefficient (Wildman–Crippen LogP) is 3.21. The molecule has 7 heteroatoms. The van der Waals surface area contributed by atoms with E-state index in [0.29, 0.717) is 22.9 Å². The Kier molecular flexibility index (Phi) is 2.81. The third kappa shape index (κ3) is 2.42. The van der Waals surface area contributed by atoms with Gasteiger partial charge in [-0.3, -0.25) is 5.32 Å². The molecule has 0 unspecified atom stereocenters. The van der Waals surface area contributed by atoms with Gasteiger partial charge < -0.3 is 4.98 Å². The van der Waals surface area contributed by atoms with Crippen LogP contribution in [0.1, 0.15) is 12.5 Å². The molecule has 2 heterocycles. The van der Waals surface area contributed by atoms with Gasteiger partial charge in [-0.15, -0.1) is 0 Å². The topological polar surface area (TPSA) is 66.5 Å². The summed E-state index contributed by atoms with van der Waals surface area (Å²) in [5.41, 5.74) is 1.06. The SMILES string of the molecule is CC(F)(F)c1ccc2nc(Nc3ncccn3)[nH]c2c1. The number of hydrogen-bond acceptors (Lipinski definition) is 4. The first-order chi connectivity index (χ1) is 9.52. The lowest BCUT2D eigenvalue weighted by molar-refractivity contribution is 0.0176. The number of nitrogens with one attached hydrogen (secondary N) is 2. The monoisotopic (exact) mass is 275 g/mol. The zero-order valence-electron chi connectivity index (χ0n) is 10.6. The van der Waals surface area contributed by atoms with Gasteiger partial charge in [-0.2, -0.15) is 0 Å². The Balaban J connectivity index is 1.95. The summed E-state index contributed by atoms with van der Waals surface area (Å²) in [6.45, 7) is 0.863. The van der Waals surface area contributed by atoms with E-state index in [2.05, 4.69) is 25.3 Å². The molecule has 0 fully saturated rings. The van der Waals surface area contributed by atoms with Crippen molar-refractivity contribution >= 4 is 22.9 Å². The molecule has 3 aromatic rings. The molecule has 0 saturated heterocycles. The van der Waals surface area contributed by atoms with E-state index in [-0.39, 0.29) is 5.56 Å². The summed E-state index contributed by atoms with van der Waals surface area (Å²) < 4.78 is 26.5. The standard InChI is InChI=1S/C13H11F2N5/c1-13(14,15)8-3-4-9-10(7-8)19-12(18-9)20-11-16-5-2-6-17-11/h2-7H,1H3,(H2,16,17,18,19,20). The first kappa shape index (κ1) is 12.5. The Hall–Kier alpha value is -2.57. The number of anilines is 2. The summed E-state index contributed by atoms with van der Waals surface area (Å²) in [5.74, 6) is -2.09. The third-order valence-corrected chi connectivity index (χ3v) is 2.78. The van der Waals surface area contributed by atoms with Crippen molar-refractivity contribution in [1.82, 2.24) is 19.9 Å². The number of aromatic amines is 1. The van der Waals surface area contributed by atoms with Crippen molar-refractivity contribution in [1.29, 1.82) is 0 Å². The van der Waals surface area contributed by atoms with Crippen molar-refractivity contribution < 1.29 is 8.78 Å². The van der Waals surface area contributed by atoms with Crippen LogP contribution in [0.5, 0.6) is 0 Å². The molecule has 0 aliphatic rings. The van der Waals surface area contributed by atoms with E-state index >= 15 is 0 Å².